The molecule has 128 valence electrons. The molecule has 1 atom stereocenters. The molecule has 0 unspecified atom stereocenters. The molecule has 0 radical (unpaired) electrons. The second-order valence-electron chi connectivity index (χ2n) is 5.64. The Hall–Kier alpha value is -1.88. The van der Waals surface area contributed by atoms with E-state index in [9.17, 15) is 4.79 Å². The van der Waals surface area contributed by atoms with Gasteiger partial charge in [0.2, 0.25) is 5.91 Å². The summed E-state index contributed by atoms with van der Waals surface area (Å²) in [6.45, 7) is 1.89. The second-order valence-corrected chi connectivity index (χ2v) is 7.34. The highest BCUT2D eigenvalue weighted by Gasteiger charge is 2.15. The number of benzene rings is 2. The maximum absolute atomic E-state index is 12.3. The van der Waals surface area contributed by atoms with E-state index in [1.165, 1.54) is 11.3 Å². The highest BCUT2D eigenvalue weighted by atomic mass is 35.5. The molecule has 0 saturated carbocycles. The fourth-order valence-corrected chi connectivity index (χ4v) is 3.89. The van der Waals surface area contributed by atoms with E-state index in [4.69, 9.17) is 23.2 Å². The number of halogens is 2. The molecular formula is C19H16Cl2N2OS. The zero-order chi connectivity index (χ0) is 17.8. The molecule has 0 bridgehead atoms. The monoisotopic (exact) mass is 390 g/mol. The highest BCUT2D eigenvalue weighted by molar-refractivity contribution is 7.13. The van der Waals surface area contributed by atoms with Crippen LogP contribution in [-0.2, 0) is 11.2 Å². The topological polar surface area (TPSA) is 42.0 Å². The van der Waals surface area contributed by atoms with Gasteiger partial charge in [-0.15, -0.1) is 11.3 Å². The van der Waals surface area contributed by atoms with Crippen LogP contribution in [0.2, 0.25) is 10.0 Å². The Labute approximate surface area is 160 Å². The number of rotatable bonds is 5. The largest absolute Gasteiger partial charge is 0.349 e. The van der Waals surface area contributed by atoms with E-state index < -0.39 is 0 Å². The minimum Gasteiger partial charge on any atom is -0.349 e. The van der Waals surface area contributed by atoms with Crippen molar-refractivity contribution < 1.29 is 4.79 Å². The van der Waals surface area contributed by atoms with Gasteiger partial charge in [0.1, 0.15) is 5.01 Å². The molecule has 1 aromatic heterocycles. The van der Waals surface area contributed by atoms with Crippen LogP contribution in [-0.4, -0.2) is 10.9 Å². The van der Waals surface area contributed by atoms with Crippen LogP contribution in [0.3, 0.4) is 0 Å². The lowest BCUT2D eigenvalue weighted by Crippen LogP contribution is -2.28. The van der Waals surface area contributed by atoms with Crippen LogP contribution in [0.4, 0.5) is 0 Å². The Morgan fingerprint density at radius 3 is 2.68 bits per heavy atom. The van der Waals surface area contributed by atoms with Gasteiger partial charge in [-0.1, -0.05) is 59.6 Å². The average molecular weight is 391 g/mol. The van der Waals surface area contributed by atoms with Crippen molar-refractivity contribution in [2.24, 2.45) is 0 Å². The minimum absolute atomic E-state index is 0.0940. The molecule has 0 aliphatic rings. The van der Waals surface area contributed by atoms with Gasteiger partial charge in [-0.2, -0.15) is 0 Å². The van der Waals surface area contributed by atoms with Crippen molar-refractivity contribution in [1.82, 2.24) is 10.3 Å². The van der Waals surface area contributed by atoms with Crippen LogP contribution in [0.5, 0.6) is 0 Å². The molecule has 25 heavy (non-hydrogen) atoms. The number of aromatic nitrogens is 1. The van der Waals surface area contributed by atoms with Crippen molar-refractivity contribution in [1.29, 1.82) is 0 Å². The number of carbonyl (C=O) groups is 1. The first-order valence-electron chi connectivity index (χ1n) is 7.77. The molecule has 0 aliphatic carbocycles. The summed E-state index contributed by atoms with van der Waals surface area (Å²) < 4.78 is 0. The summed E-state index contributed by atoms with van der Waals surface area (Å²) in [6, 6.07) is 15.0. The van der Waals surface area contributed by atoms with Crippen LogP contribution in [0, 0.1) is 0 Å². The molecule has 3 rings (SSSR count). The standard InChI is InChI=1S/C19H16Cl2N2OS/c1-12(16-8-7-14(20)9-17(16)21)22-18(24)10-15-11-25-19(23-15)13-5-3-2-4-6-13/h2-9,11-12H,10H2,1H3,(H,22,24)/t12-/m1/s1. The number of thiazole rings is 1. The Bertz CT molecular complexity index is 880. The average Bonchev–Trinajstić information content (AvgIpc) is 3.03. The minimum atomic E-state index is -0.204. The number of hydrogen-bond donors (Lipinski definition) is 1. The van der Waals surface area contributed by atoms with Gasteiger partial charge in [-0.05, 0) is 24.6 Å². The molecule has 1 N–H and O–H groups in total. The molecule has 2 aromatic carbocycles. The lowest BCUT2D eigenvalue weighted by molar-refractivity contribution is -0.121. The van der Waals surface area contributed by atoms with Gasteiger partial charge >= 0.3 is 0 Å². The van der Waals surface area contributed by atoms with Crippen molar-refractivity contribution in [2.75, 3.05) is 0 Å². The summed E-state index contributed by atoms with van der Waals surface area (Å²) in [6.07, 6.45) is 0.235. The molecule has 3 aromatic rings. The molecule has 0 aliphatic heterocycles. The van der Waals surface area contributed by atoms with E-state index in [1.807, 2.05) is 48.7 Å². The van der Waals surface area contributed by atoms with Gasteiger partial charge in [0.25, 0.3) is 0 Å². The van der Waals surface area contributed by atoms with Gasteiger partial charge < -0.3 is 5.32 Å². The van der Waals surface area contributed by atoms with Crippen LogP contribution < -0.4 is 5.32 Å². The summed E-state index contributed by atoms with van der Waals surface area (Å²) in [4.78, 5) is 16.8. The van der Waals surface area contributed by atoms with Crippen molar-refractivity contribution in [3.8, 4) is 10.6 Å². The van der Waals surface area contributed by atoms with E-state index >= 15 is 0 Å². The van der Waals surface area contributed by atoms with Gasteiger partial charge in [0, 0.05) is 21.0 Å². The lowest BCUT2D eigenvalue weighted by Gasteiger charge is -2.15. The molecule has 1 amide bonds. The third-order valence-electron chi connectivity index (χ3n) is 3.72. The first-order valence-corrected chi connectivity index (χ1v) is 9.40. The normalized spacial score (nSPS) is 12.0. The summed E-state index contributed by atoms with van der Waals surface area (Å²) in [7, 11) is 0. The third kappa shape index (κ3) is 4.60. The van der Waals surface area contributed by atoms with Crippen LogP contribution >= 0.6 is 34.5 Å². The Kier molecular flexibility index (Phi) is 5.74. The third-order valence-corrected chi connectivity index (χ3v) is 5.22. The van der Waals surface area contributed by atoms with E-state index in [-0.39, 0.29) is 18.4 Å². The predicted octanol–water partition coefficient (Wildman–Crippen LogP) is 5.54. The van der Waals surface area contributed by atoms with Crippen LogP contribution in [0.15, 0.2) is 53.9 Å². The van der Waals surface area contributed by atoms with Crippen molar-refractivity contribution >= 4 is 40.4 Å². The zero-order valence-electron chi connectivity index (χ0n) is 13.5. The first kappa shape index (κ1) is 17.9. The molecular weight excluding hydrogens is 375 g/mol. The van der Waals surface area contributed by atoms with Gasteiger partial charge in [-0.3, -0.25) is 4.79 Å². The Morgan fingerprint density at radius 1 is 1.20 bits per heavy atom. The Balaban J connectivity index is 1.64. The SMILES string of the molecule is C[C@@H](NC(=O)Cc1csc(-c2ccccc2)n1)c1ccc(Cl)cc1Cl. The number of hydrogen-bond acceptors (Lipinski definition) is 3. The van der Waals surface area contributed by atoms with Gasteiger partial charge in [-0.25, -0.2) is 4.98 Å². The van der Waals surface area contributed by atoms with Crippen LogP contribution in [0.25, 0.3) is 10.6 Å². The molecule has 1 heterocycles. The number of nitrogens with one attached hydrogen (secondary N) is 1. The summed E-state index contributed by atoms with van der Waals surface area (Å²) in [5, 5.41) is 6.90. The van der Waals surface area contributed by atoms with Crippen LogP contribution in [0.1, 0.15) is 24.2 Å². The number of nitrogens with zero attached hydrogens (tertiary/aromatic N) is 1. The molecule has 0 fully saturated rings. The molecule has 0 spiro atoms. The first-order chi connectivity index (χ1) is 12.0. The molecule has 6 heteroatoms. The van der Waals surface area contributed by atoms with E-state index in [0.29, 0.717) is 10.0 Å². The summed E-state index contributed by atoms with van der Waals surface area (Å²) in [5.74, 6) is -0.0940. The quantitative estimate of drug-likeness (QED) is 0.621. The van der Waals surface area contributed by atoms with Crippen molar-refractivity contribution in [2.45, 2.75) is 19.4 Å². The fraction of sp³-hybridized carbons (Fsp3) is 0.158. The predicted molar refractivity (Wildman–Crippen MR) is 104 cm³/mol. The van der Waals surface area contributed by atoms with E-state index in [2.05, 4.69) is 10.3 Å². The Morgan fingerprint density at radius 2 is 1.96 bits per heavy atom. The smallest absolute Gasteiger partial charge is 0.226 e. The highest BCUT2D eigenvalue weighted by Crippen LogP contribution is 2.26. The number of carbonyl (C=O) groups excluding carboxylic acids is 1. The second kappa shape index (κ2) is 8.00. The molecule has 3 nitrogen and oxygen atoms in total. The van der Waals surface area contributed by atoms with Crippen molar-refractivity contribution in [3.05, 3.63) is 75.2 Å². The summed E-state index contributed by atoms with van der Waals surface area (Å²) >= 11 is 13.6. The van der Waals surface area contributed by atoms with E-state index in [0.717, 1.165) is 21.8 Å². The van der Waals surface area contributed by atoms with Gasteiger partial charge in [0.05, 0.1) is 18.2 Å². The molecule has 0 saturated heterocycles. The van der Waals surface area contributed by atoms with Gasteiger partial charge in [0.15, 0.2) is 0 Å². The maximum Gasteiger partial charge on any atom is 0.226 e. The summed E-state index contributed by atoms with van der Waals surface area (Å²) in [5.41, 5.74) is 2.65. The fourth-order valence-electron chi connectivity index (χ4n) is 2.49. The lowest BCUT2D eigenvalue weighted by atomic mass is 10.1. The maximum atomic E-state index is 12.3. The number of amides is 1. The van der Waals surface area contributed by atoms with Crippen molar-refractivity contribution in [3.63, 3.8) is 0 Å². The zero-order valence-corrected chi connectivity index (χ0v) is 15.8. The van der Waals surface area contributed by atoms with E-state index in [1.54, 1.807) is 12.1 Å².